The standard InChI is InChI=1S/C19H19N3OS2/c1-2-15(12-14-8-4-3-5-9-14)21-22-18(23)13-24-19-20-16-10-6-7-11-17(16)25-19/h3-11H,2,12-13H2,1H3,(H,22,23)/b21-15-. The topological polar surface area (TPSA) is 54.4 Å². The molecule has 1 N–H and O–H groups in total. The molecule has 2 aromatic carbocycles. The van der Waals surface area contributed by atoms with Crippen molar-refractivity contribution in [1.82, 2.24) is 10.4 Å². The number of carbonyl (C=O) groups excluding carboxylic acids is 1. The van der Waals surface area contributed by atoms with E-state index in [4.69, 9.17) is 0 Å². The number of benzene rings is 2. The number of rotatable bonds is 7. The molecule has 0 unspecified atom stereocenters. The Balaban J connectivity index is 1.52. The molecule has 0 aliphatic rings. The fraction of sp³-hybridized carbons (Fsp3) is 0.211. The van der Waals surface area contributed by atoms with Crippen LogP contribution in [0.15, 0.2) is 64.0 Å². The number of hydrogen-bond donors (Lipinski definition) is 1. The number of hydrazone groups is 1. The lowest BCUT2D eigenvalue weighted by Crippen LogP contribution is -2.22. The average molecular weight is 370 g/mol. The predicted octanol–water partition coefficient (Wildman–Crippen LogP) is 4.51. The first-order valence-electron chi connectivity index (χ1n) is 8.11. The van der Waals surface area contributed by atoms with Crippen LogP contribution in [0.3, 0.4) is 0 Å². The molecule has 1 amide bonds. The Morgan fingerprint density at radius 3 is 2.68 bits per heavy atom. The van der Waals surface area contributed by atoms with Gasteiger partial charge in [-0.1, -0.05) is 61.2 Å². The molecule has 0 saturated heterocycles. The fourth-order valence-corrected chi connectivity index (χ4v) is 4.15. The van der Waals surface area contributed by atoms with Crippen LogP contribution in [0.1, 0.15) is 18.9 Å². The van der Waals surface area contributed by atoms with Crippen molar-refractivity contribution in [3.63, 3.8) is 0 Å². The lowest BCUT2D eigenvalue weighted by molar-refractivity contribution is -0.118. The van der Waals surface area contributed by atoms with Crippen LogP contribution in [-0.2, 0) is 11.2 Å². The highest BCUT2D eigenvalue weighted by molar-refractivity contribution is 8.01. The molecule has 25 heavy (non-hydrogen) atoms. The number of hydrogen-bond acceptors (Lipinski definition) is 5. The van der Waals surface area contributed by atoms with Gasteiger partial charge in [-0.15, -0.1) is 11.3 Å². The number of nitrogens with one attached hydrogen (secondary N) is 1. The molecular weight excluding hydrogens is 350 g/mol. The lowest BCUT2D eigenvalue weighted by atomic mass is 10.1. The summed E-state index contributed by atoms with van der Waals surface area (Å²) in [6.45, 7) is 2.05. The highest BCUT2D eigenvalue weighted by Crippen LogP contribution is 2.28. The maximum Gasteiger partial charge on any atom is 0.250 e. The minimum absolute atomic E-state index is 0.108. The second-order valence-electron chi connectivity index (χ2n) is 5.47. The van der Waals surface area contributed by atoms with Crippen LogP contribution in [0.25, 0.3) is 10.2 Å². The fourth-order valence-electron chi connectivity index (χ4n) is 2.29. The Labute approximate surface area is 155 Å². The van der Waals surface area contributed by atoms with Crippen molar-refractivity contribution in [2.24, 2.45) is 5.10 Å². The quantitative estimate of drug-likeness (QED) is 0.379. The number of fused-ring (bicyclic) bond motifs is 1. The molecule has 0 spiro atoms. The van der Waals surface area contributed by atoms with E-state index >= 15 is 0 Å². The van der Waals surface area contributed by atoms with Gasteiger partial charge in [0.05, 0.1) is 16.0 Å². The molecule has 1 aromatic heterocycles. The van der Waals surface area contributed by atoms with Gasteiger partial charge in [0.15, 0.2) is 4.34 Å². The zero-order chi connectivity index (χ0) is 17.5. The van der Waals surface area contributed by atoms with Crippen LogP contribution < -0.4 is 5.43 Å². The number of thiazole rings is 1. The highest BCUT2D eigenvalue weighted by Gasteiger charge is 2.07. The summed E-state index contributed by atoms with van der Waals surface area (Å²) < 4.78 is 2.04. The van der Waals surface area contributed by atoms with Crippen molar-refractivity contribution in [2.45, 2.75) is 24.1 Å². The first kappa shape index (κ1) is 17.6. The minimum atomic E-state index is -0.108. The van der Waals surface area contributed by atoms with Crippen molar-refractivity contribution < 1.29 is 4.79 Å². The van der Waals surface area contributed by atoms with Gasteiger partial charge in [-0.25, -0.2) is 10.4 Å². The van der Waals surface area contributed by atoms with Crippen LogP contribution in [0, 0.1) is 0 Å². The first-order chi connectivity index (χ1) is 12.2. The molecule has 6 heteroatoms. The molecule has 4 nitrogen and oxygen atoms in total. The van der Waals surface area contributed by atoms with Gasteiger partial charge in [-0.2, -0.15) is 5.10 Å². The minimum Gasteiger partial charge on any atom is -0.272 e. The summed E-state index contributed by atoms with van der Waals surface area (Å²) in [7, 11) is 0. The monoisotopic (exact) mass is 369 g/mol. The summed E-state index contributed by atoms with van der Waals surface area (Å²) in [4.78, 5) is 16.6. The van der Waals surface area contributed by atoms with Crippen molar-refractivity contribution in [3.05, 3.63) is 60.2 Å². The van der Waals surface area contributed by atoms with Crippen molar-refractivity contribution in [1.29, 1.82) is 0 Å². The van der Waals surface area contributed by atoms with Crippen molar-refractivity contribution >= 4 is 44.9 Å². The van der Waals surface area contributed by atoms with Crippen LogP contribution >= 0.6 is 23.1 Å². The van der Waals surface area contributed by atoms with Gasteiger partial charge >= 0.3 is 0 Å². The third-order valence-electron chi connectivity index (χ3n) is 3.60. The van der Waals surface area contributed by atoms with Crippen LogP contribution in [0.4, 0.5) is 0 Å². The predicted molar refractivity (Wildman–Crippen MR) is 106 cm³/mol. The molecule has 1 heterocycles. The van der Waals surface area contributed by atoms with E-state index in [2.05, 4.69) is 27.6 Å². The summed E-state index contributed by atoms with van der Waals surface area (Å²) in [6.07, 6.45) is 1.56. The van der Waals surface area contributed by atoms with E-state index in [1.165, 1.54) is 17.3 Å². The van der Waals surface area contributed by atoms with E-state index in [-0.39, 0.29) is 5.91 Å². The second-order valence-corrected chi connectivity index (χ2v) is 7.72. The molecule has 0 aliphatic heterocycles. The molecule has 0 radical (unpaired) electrons. The number of thioether (sulfide) groups is 1. The van der Waals surface area contributed by atoms with Gasteiger partial charge in [0.1, 0.15) is 0 Å². The summed E-state index contributed by atoms with van der Waals surface area (Å²) in [6, 6.07) is 18.1. The van der Waals surface area contributed by atoms with Gasteiger partial charge in [0, 0.05) is 12.1 Å². The van der Waals surface area contributed by atoms with E-state index in [1.807, 2.05) is 49.4 Å². The Kier molecular flexibility index (Phi) is 6.19. The molecule has 0 aliphatic carbocycles. The van der Waals surface area contributed by atoms with Crippen LogP contribution in [0.2, 0.25) is 0 Å². The third kappa shape index (κ3) is 5.14. The third-order valence-corrected chi connectivity index (χ3v) is 5.78. The van der Waals surface area contributed by atoms with E-state index < -0.39 is 0 Å². The maximum atomic E-state index is 12.0. The number of carbonyl (C=O) groups is 1. The van der Waals surface area contributed by atoms with Gasteiger partial charge in [-0.05, 0) is 24.1 Å². The highest BCUT2D eigenvalue weighted by atomic mass is 32.2. The second kappa shape index (κ2) is 8.78. The van der Waals surface area contributed by atoms with Crippen molar-refractivity contribution in [3.8, 4) is 0 Å². The summed E-state index contributed by atoms with van der Waals surface area (Å²) in [5, 5.41) is 4.28. The molecule has 128 valence electrons. The van der Waals surface area contributed by atoms with E-state index in [0.29, 0.717) is 5.75 Å². The molecule has 0 bridgehead atoms. The maximum absolute atomic E-state index is 12.0. The van der Waals surface area contributed by atoms with Crippen molar-refractivity contribution in [2.75, 3.05) is 5.75 Å². The molecule has 0 saturated carbocycles. The van der Waals surface area contributed by atoms with Gasteiger partial charge in [-0.3, -0.25) is 4.79 Å². The molecule has 3 rings (SSSR count). The zero-order valence-electron chi connectivity index (χ0n) is 13.9. The van der Waals surface area contributed by atoms with Crippen LogP contribution in [-0.4, -0.2) is 22.4 Å². The Morgan fingerprint density at radius 1 is 1.16 bits per heavy atom. The zero-order valence-corrected chi connectivity index (χ0v) is 15.6. The lowest BCUT2D eigenvalue weighted by Gasteiger charge is -2.05. The summed E-state index contributed by atoms with van der Waals surface area (Å²) >= 11 is 3.05. The Morgan fingerprint density at radius 2 is 1.92 bits per heavy atom. The van der Waals surface area contributed by atoms with Gasteiger partial charge < -0.3 is 0 Å². The van der Waals surface area contributed by atoms with E-state index in [9.17, 15) is 4.79 Å². The first-order valence-corrected chi connectivity index (χ1v) is 9.91. The molecule has 3 aromatic rings. The average Bonchev–Trinajstić information content (AvgIpc) is 3.07. The van der Waals surface area contributed by atoms with Gasteiger partial charge in [0.2, 0.25) is 0 Å². The van der Waals surface area contributed by atoms with E-state index in [0.717, 1.165) is 33.1 Å². The molecular formula is C19H19N3OS2. The number of aromatic nitrogens is 1. The van der Waals surface area contributed by atoms with Crippen LogP contribution in [0.5, 0.6) is 0 Å². The summed E-state index contributed by atoms with van der Waals surface area (Å²) in [5.74, 6) is 0.203. The van der Waals surface area contributed by atoms with E-state index in [1.54, 1.807) is 11.3 Å². The summed E-state index contributed by atoms with van der Waals surface area (Å²) in [5.41, 5.74) is 5.80. The molecule has 0 atom stereocenters. The Hall–Kier alpha value is -2.18. The number of nitrogens with zero attached hydrogens (tertiary/aromatic N) is 2. The SMILES string of the molecule is CC/C(Cc1ccccc1)=N/NC(=O)CSc1nc2ccccc2s1. The normalized spacial score (nSPS) is 11.6. The largest absolute Gasteiger partial charge is 0.272 e. The van der Waals surface area contributed by atoms with Gasteiger partial charge in [0.25, 0.3) is 5.91 Å². The number of para-hydroxylation sites is 1. The Bertz CT molecular complexity index is 842. The molecule has 0 fully saturated rings. The smallest absolute Gasteiger partial charge is 0.250 e. The number of amides is 1.